The molecule has 0 aliphatic heterocycles. The first-order valence-corrected chi connectivity index (χ1v) is 14.6. The molecule has 0 spiro atoms. The molecule has 0 aromatic heterocycles. The zero-order valence-corrected chi connectivity index (χ0v) is 24.2. The summed E-state index contributed by atoms with van der Waals surface area (Å²) in [5.74, 6) is -0.123. The maximum Gasteiger partial charge on any atom is 0.242 e. The van der Waals surface area contributed by atoms with Crippen LogP contribution in [0.25, 0.3) is 0 Å². The van der Waals surface area contributed by atoms with Crippen molar-refractivity contribution in [2.75, 3.05) is 24.2 Å². The third kappa shape index (κ3) is 8.79. The lowest BCUT2D eigenvalue weighted by Gasteiger charge is -2.30. The van der Waals surface area contributed by atoms with E-state index >= 15 is 0 Å². The van der Waals surface area contributed by atoms with Crippen LogP contribution in [-0.2, 0) is 26.2 Å². The molecule has 2 aromatic carbocycles. The Hall–Kier alpha value is -2.49. The van der Waals surface area contributed by atoms with Crippen LogP contribution in [0.2, 0.25) is 10.0 Å². The number of sulfonamides is 1. The third-order valence-corrected chi connectivity index (χ3v) is 7.90. The lowest BCUT2D eigenvalue weighted by molar-refractivity contribution is -0.140. The third-order valence-electron chi connectivity index (χ3n) is 6.04. The van der Waals surface area contributed by atoms with Crippen LogP contribution < -0.4 is 14.4 Å². The monoisotopic (exact) mass is 571 g/mol. The van der Waals surface area contributed by atoms with Crippen molar-refractivity contribution in [3.8, 4) is 5.75 Å². The van der Waals surface area contributed by atoms with Crippen LogP contribution in [0.5, 0.6) is 5.75 Å². The molecule has 2 atom stereocenters. The number of carbonyl (C=O) groups is 2. The van der Waals surface area contributed by atoms with E-state index in [2.05, 4.69) is 5.32 Å². The van der Waals surface area contributed by atoms with Crippen LogP contribution in [0, 0.1) is 0 Å². The number of hydrogen-bond donors (Lipinski definition) is 1. The first-order valence-electron chi connectivity index (χ1n) is 12.0. The Kier molecular flexibility index (Phi) is 11.5. The van der Waals surface area contributed by atoms with Crippen molar-refractivity contribution < 1.29 is 22.7 Å². The molecule has 0 saturated carbocycles. The minimum atomic E-state index is -3.65. The Balaban J connectivity index is 2.21. The number of halogens is 2. The maximum absolute atomic E-state index is 13.4. The Morgan fingerprint density at radius 1 is 1.08 bits per heavy atom. The van der Waals surface area contributed by atoms with E-state index in [-0.39, 0.29) is 48.8 Å². The van der Waals surface area contributed by atoms with Gasteiger partial charge in [-0.15, -0.1) is 0 Å². The molecule has 1 N–H and O–H groups in total. The zero-order chi connectivity index (χ0) is 27.8. The quantitative estimate of drug-likeness (QED) is 0.369. The molecular weight excluding hydrogens is 537 g/mol. The number of benzene rings is 2. The molecule has 2 rings (SSSR count). The number of anilines is 1. The minimum Gasteiger partial charge on any atom is -0.495 e. The second kappa shape index (κ2) is 13.9. The van der Waals surface area contributed by atoms with Gasteiger partial charge in [0.2, 0.25) is 21.8 Å². The van der Waals surface area contributed by atoms with E-state index in [9.17, 15) is 18.0 Å². The van der Waals surface area contributed by atoms with E-state index in [0.29, 0.717) is 22.0 Å². The molecule has 2 aromatic rings. The second-order valence-corrected chi connectivity index (χ2v) is 11.6. The summed E-state index contributed by atoms with van der Waals surface area (Å²) in [5, 5.41) is 3.69. The van der Waals surface area contributed by atoms with Crippen molar-refractivity contribution in [1.82, 2.24) is 10.2 Å². The van der Waals surface area contributed by atoms with E-state index in [1.807, 2.05) is 19.9 Å². The van der Waals surface area contributed by atoms with Gasteiger partial charge in [-0.2, -0.15) is 0 Å². The number of amides is 2. The van der Waals surface area contributed by atoms with Gasteiger partial charge in [0.25, 0.3) is 0 Å². The highest BCUT2D eigenvalue weighted by Gasteiger charge is 2.28. The predicted octanol–water partition coefficient (Wildman–Crippen LogP) is 4.88. The van der Waals surface area contributed by atoms with Gasteiger partial charge < -0.3 is 15.0 Å². The van der Waals surface area contributed by atoms with Gasteiger partial charge in [-0.05, 0) is 56.5 Å². The standard InChI is InChI=1S/C26H35Cl2N3O5S/c1-6-18(2)29-26(33)19(3)30(17-20-10-7-8-11-22(20)27)25(32)12-9-15-31(37(5,34)35)21-13-14-24(36-4)23(28)16-21/h7-8,10-11,13-14,16,18-19H,6,9,12,15,17H2,1-5H3,(H,29,33)/t18-,19+/m1/s1. The average Bonchev–Trinajstić information content (AvgIpc) is 2.84. The fraction of sp³-hybridized carbons (Fsp3) is 0.462. The van der Waals surface area contributed by atoms with Crippen LogP contribution >= 0.6 is 23.2 Å². The number of carbonyl (C=O) groups excluding carboxylic acids is 2. The van der Waals surface area contributed by atoms with Gasteiger partial charge in [-0.3, -0.25) is 13.9 Å². The largest absolute Gasteiger partial charge is 0.495 e. The van der Waals surface area contributed by atoms with E-state index in [1.54, 1.807) is 37.3 Å². The molecule has 0 fully saturated rings. The second-order valence-electron chi connectivity index (χ2n) is 8.86. The Morgan fingerprint density at radius 2 is 1.76 bits per heavy atom. The molecule has 0 radical (unpaired) electrons. The molecule has 0 unspecified atom stereocenters. The first-order chi connectivity index (χ1) is 17.4. The van der Waals surface area contributed by atoms with Crippen molar-refractivity contribution >= 4 is 50.7 Å². The number of nitrogens with one attached hydrogen (secondary N) is 1. The summed E-state index contributed by atoms with van der Waals surface area (Å²) in [6.07, 6.45) is 2.11. The van der Waals surface area contributed by atoms with Gasteiger partial charge in [0.1, 0.15) is 11.8 Å². The summed E-state index contributed by atoms with van der Waals surface area (Å²) in [7, 11) is -2.17. The fourth-order valence-corrected chi connectivity index (χ4v) is 5.08. The van der Waals surface area contributed by atoms with Gasteiger partial charge in [0, 0.05) is 30.6 Å². The van der Waals surface area contributed by atoms with Gasteiger partial charge >= 0.3 is 0 Å². The van der Waals surface area contributed by atoms with Crippen LogP contribution in [0.1, 0.15) is 45.6 Å². The lowest BCUT2D eigenvalue weighted by atomic mass is 10.1. The molecule has 37 heavy (non-hydrogen) atoms. The Bertz CT molecular complexity index is 1190. The van der Waals surface area contributed by atoms with E-state index < -0.39 is 16.1 Å². The SMILES string of the molecule is CC[C@@H](C)NC(=O)[C@H](C)N(Cc1ccccc1Cl)C(=O)CCCN(c1ccc(OC)c(Cl)c1)S(C)(=O)=O. The molecule has 0 bridgehead atoms. The summed E-state index contributed by atoms with van der Waals surface area (Å²) in [6, 6.07) is 11.1. The van der Waals surface area contributed by atoms with Gasteiger partial charge in [0.05, 0.1) is 24.1 Å². The molecule has 11 heteroatoms. The van der Waals surface area contributed by atoms with Crippen LogP contribution in [0.3, 0.4) is 0 Å². The highest BCUT2D eigenvalue weighted by atomic mass is 35.5. The minimum absolute atomic E-state index is 0.0291. The Morgan fingerprint density at radius 3 is 2.32 bits per heavy atom. The van der Waals surface area contributed by atoms with E-state index in [4.69, 9.17) is 27.9 Å². The molecule has 204 valence electrons. The predicted molar refractivity (Wildman–Crippen MR) is 149 cm³/mol. The maximum atomic E-state index is 13.4. The van der Waals surface area contributed by atoms with Crippen molar-refractivity contribution in [2.24, 2.45) is 0 Å². The summed E-state index contributed by atoms with van der Waals surface area (Å²) >= 11 is 12.5. The van der Waals surface area contributed by atoms with Crippen molar-refractivity contribution in [3.05, 3.63) is 58.1 Å². The summed E-state index contributed by atoms with van der Waals surface area (Å²) < 4.78 is 31.3. The highest BCUT2D eigenvalue weighted by Crippen LogP contribution is 2.30. The smallest absolute Gasteiger partial charge is 0.242 e. The van der Waals surface area contributed by atoms with Crippen molar-refractivity contribution in [1.29, 1.82) is 0 Å². The summed E-state index contributed by atoms with van der Waals surface area (Å²) in [6.45, 7) is 5.74. The first kappa shape index (κ1) is 30.7. The van der Waals surface area contributed by atoms with Gasteiger partial charge in [0.15, 0.2) is 0 Å². The molecule has 8 nitrogen and oxygen atoms in total. The average molecular weight is 573 g/mol. The molecule has 0 heterocycles. The van der Waals surface area contributed by atoms with Crippen LogP contribution in [0.15, 0.2) is 42.5 Å². The number of ether oxygens (including phenoxy) is 1. The van der Waals surface area contributed by atoms with Gasteiger partial charge in [-0.25, -0.2) is 8.42 Å². The molecule has 2 amide bonds. The number of rotatable bonds is 13. The topological polar surface area (TPSA) is 96.0 Å². The number of hydrogen-bond acceptors (Lipinski definition) is 5. The van der Waals surface area contributed by atoms with E-state index in [1.165, 1.54) is 22.4 Å². The molecule has 0 aliphatic carbocycles. The Labute approximate surface area is 229 Å². The highest BCUT2D eigenvalue weighted by molar-refractivity contribution is 7.92. The molecule has 0 saturated heterocycles. The van der Waals surface area contributed by atoms with Crippen molar-refractivity contribution in [2.45, 2.75) is 58.7 Å². The fourth-order valence-electron chi connectivity index (χ4n) is 3.67. The van der Waals surface area contributed by atoms with E-state index in [0.717, 1.165) is 12.7 Å². The van der Waals surface area contributed by atoms with Crippen LogP contribution in [-0.4, -0.2) is 57.1 Å². The van der Waals surface area contributed by atoms with Gasteiger partial charge in [-0.1, -0.05) is 48.3 Å². The zero-order valence-electron chi connectivity index (χ0n) is 21.8. The van der Waals surface area contributed by atoms with Crippen molar-refractivity contribution in [3.63, 3.8) is 0 Å². The lowest BCUT2D eigenvalue weighted by Crippen LogP contribution is -2.49. The number of nitrogens with zero attached hydrogens (tertiary/aromatic N) is 2. The summed E-state index contributed by atoms with van der Waals surface area (Å²) in [4.78, 5) is 27.7. The normalized spacial score (nSPS) is 12.9. The molecule has 0 aliphatic rings. The molecular formula is C26H35Cl2N3O5S. The van der Waals surface area contributed by atoms with Crippen LogP contribution in [0.4, 0.5) is 5.69 Å². The summed E-state index contributed by atoms with van der Waals surface area (Å²) in [5.41, 5.74) is 1.08. The number of methoxy groups -OCH3 is 1.